The molecule has 1 aliphatic heterocycles. The molecule has 21 heavy (non-hydrogen) atoms. The molecule has 0 aliphatic carbocycles. The van der Waals surface area contributed by atoms with Crippen molar-refractivity contribution in [3.05, 3.63) is 5.82 Å². The first-order chi connectivity index (χ1) is 10.2. The Balaban J connectivity index is 2.03. The average Bonchev–Trinajstić information content (AvgIpc) is 2.92. The maximum Gasteiger partial charge on any atom is 0.320 e. The van der Waals surface area contributed by atoms with E-state index in [1.165, 1.54) is 0 Å². The van der Waals surface area contributed by atoms with Crippen molar-refractivity contribution >= 4 is 5.97 Å². The van der Waals surface area contributed by atoms with Crippen molar-refractivity contribution in [3.63, 3.8) is 0 Å². The van der Waals surface area contributed by atoms with Gasteiger partial charge in [-0.3, -0.25) is 9.69 Å². The zero-order valence-electron chi connectivity index (χ0n) is 12.9. The summed E-state index contributed by atoms with van der Waals surface area (Å²) in [4.78, 5) is 13.5. The Kier molecular flexibility index (Phi) is 5.67. The largest absolute Gasteiger partial charge is 0.480 e. The number of aromatic nitrogens is 4. The second kappa shape index (κ2) is 7.49. The summed E-state index contributed by atoms with van der Waals surface area (Å²) in [7, 11) is 0. The van der Waals surface area contributed by atoms with Gasteiger partial charge in [-0.25, -0.2) is 4.68 Å². The van der Waals surface area contributed by atoms with Crippen LogP contribution in [0.1, 0.15) is 51.8 Å². The first-order valence-electron chi connectivity index (χ1n) is 7.87. The highest BCUT2D eigenvalue weighted by molar-refractivity contribution is 5.73. The van der Waals surface area contributed by atoms with Gasteiger partial charge in [-0.15, -0.1) is 5.10 Å². The minimum absolute atomic E-state index is 0.417. The van der Waals surface area contributed by atoms with Crippen molar-refractivity contribution < 1.29 is 9.90 Å². The van der Waals surface area contributed by atoms with E-state index in [1.54, 1.807) is 4.68 Å². The first kappa shape index (κ1) is 15.9. The molecule has 2 unspecified atom stereocenters. The lowest BCUT2D eigenvalue weighted by molar-refractivity contribution is -0.145. The van der Waals surface area contributed by atoms with Crippen molar-refractivity contribution in [1.82, 2.24) is 25.1 Å². The smallest absolute Gasteiger partial charge is 0.320 e. The minimum Gasteiger partial charge on any atom is -0.480 e. The Labute approximate surface area is 125 Å². The Bertz CT molecular complexity index is 462. The van der Waals surface area contributed by atoms with Gasteiger partial charge in [0.05, 0.1) is 6.54 Å². The second-order valence-corrected chi connectivity index (χ2v) is 5.79. The van der Waals surface area contributed by atoms with Crippen LogP contribution < -0.4 is 0 Å². The predicted octanol–water partition coefficient (Wildman–Crippen LogP) is 1.55. The Morgan fingerprint density at radius 3 is 2.90 bits per heavy atom. The number of hydrogen-bond donors (Lipinski definition) is 1. The number of tetrazole rings is 1. The van der Waals surface area contributed by atoms with Gasteiger partial charge in [0.25, 0.3) is 0 Å². The quantitative estimate of drug-likeness (QED) is 0.821. The fourth-order valence-electron chi connectivity index (χ4n) is 2.90. The predicted molar refractivity (Wildman–Crippen MR) is 77.6 cm³/mol. The lowest BCUT2D eigenvalue weighted by atomic mass is 9.89. The highest BCUT2D eigenvalue weighted by Crippen LogP contribution is 2.26. The molecule has 7 heteroatoms. The van der Waals surface area contributed by atoms with Gasteiger partial charge < -0.3 is 5.11 Å². The Hall–Kier alpha value is -1.50. The molecular weight excluding hydrogens is 270 g/mol. The second-order valence-electron chi connectivity index (χ2n) is 5.79. The van der Waals surface area contributed by atoms with E-state index in [4.69, 9.17) is 0 Å². The van der Waals surface area contributed by atoms with Gasteiger partial charge in [0.1, 0.15) is 6.04 Å². The van der Waals surface area contributed by atoms with E-state index in [9.17, 15) is 9.90 Å². The average molecular weight is 295 g/mol. The molecule has 1 aromatic heterocycles. The molecule has 1 saturated heterocycles. The fraction of sp³-hybridized carbons (Fsp3) is 0.857. The van der Waals surface area contributed by atoms with E-state index in [-0.39, 0.29) is 0 Å². The maximum atomic E-state index is 11.5. The topological polar surface area (TPSA) is 84.1 Å². The molecule has 0 aromatic carbocycles. The van der Waals surface area contributed by atoms with Crippen LogP contribution in [0.5, 0.6) is 0 Å². The van der Waals surface area contributed by atoms with Crippen LogP contribution in [0.4, 0.5) is 0 Å². The zero-order valence-corrected chi connectivity index (χ0v) is 12.9. The number of aryl methyl sites for hydroxylation is 1. The SMILES string of the molecule is CCCCn1nnnc1CN1CCC(CC)CC1C(=O)O. The van der Waals surface area contributed by atoms with Gasteiger partial charge in [0.2, 0.25) is 0 Å². The van der Waals surface area contributed by atoms with E-state index < -0.39 is 12.0 Å². The first-order valence-corrected chi connectivity index (χ1v) is 7.87. The zero-order chi connectivity index (χ0) is 15.2. The van der Waals surface area contributed by atoms with E-state index in [1.807, 2.05) is 4.90 Å². The van der Waals surface area contributed by atoms with Crippen LogP contribution in [0.2, 0.25) is 0 Å². The van der Waals surface area contributed by atoms with E-state index in [0.717, 1.165) is 51.0 Å². The molecule has 1 N–H and O–H groups in total. The molecule has 0 spiro atoms. The molecule has 1 aliphatic rings. The van der Waals surface area contributed by atoms with Gasteiger partial charge in [-0.2, -0.15) is 0 Å². The summed E-state index contributed by atoms with van der Waals surface area (Å²) in [5.74, 6) is 0.545. The van der Waals surface area contributed by atoms with Crippen LogP contribution in [-0.2, 0) is 17.9 Å². The van der Waals surface area contributed by atoms with Crippen LogP contribution in [0.15, 0.2) is 0 Å². The molecule has 118 valence electrons. The molecule has 0 bridgehead atoms. The molecule has 2 heterocycles. The molecule has 0 saturated carbocycles. The summed E-state index contributed by atoms with van der Waals surface area (Å²) >= 11 is 0. The van der Waals surface area contributed by atoms with E-state index >= 15 is 0 Å². The number of nitrogens with zero attached hydrogens (tertiary/aromatic N) is 5. The van der Waals surface area contributed by atoms with Crippen LogP contribution in [0.3, 0.4) is 0 Å². The van der Waals surface area contributed by atoms with Crippen LogP contribution in [0.25, 0.3) is 0 Å². The van der Waals surface area contributed by atoms with E-state index in [0.29, 0.717) is 12.5 Å². The van der Waals surface area contributed by atoms with Gasteiger partial charge in [0, 0.05) is 6.54 Å². The molecule has 0 amide bonds. The van der Waals surface area contributed by atoms with Crippen LogP contribution in [-0.4, -0.2) is 48.8 Å². The summed E-state index contributed by atoms with van der Waals surface area (Å²) in [6.45, 7) is 6.37. The van der Waals surface area contributed by atoms with Crippen molar-refractivity contribution in [2.75, 3.05) is 6.54 Å². The van der Waals surface area contributed by atoms with Crippen molar-refractivity contribution in [1.29, 1.82) is 0 Å². The molecule has 7 nitrogen and oxygen atoms in total. The lowest BCUT2D eigenvalue weighted by Crippen LogP contribution is -2.47. The third-order valence-electron chi connectivity index (χ3n) is 4.36. The fourth-order valence-corrected chi connectivity index (χ4v) is 2.90. The Morgan fingerprint density at radius 2 is 2.24 bits per heavy atom. The van der Waals surface area contributed by atoms with E-state index in [2.05, 4.69) is 29.4 Å². The normalized spacial score (nSPS) is 23.3. The third-order valence-corrected chi connectivity index (χ3v) is 4.36. The van der Waals surface area contributed by atoms with Gasteiger partial charge in [-0.05, 0) is 42.2 Å². The number of rotatable bonds is 7. The van der Waals surface area contributed by atoms with Crippen LogP contribution in [0, 0.1) is 5.92 Å². The summed E-state index contributed by atoms with van der Waals surface area (Å²) in [5, 5.41) is 21.3. The number of carboxylic acids is 1. The number of likely N-dealkylation sites (tertiary alicyclic amines) is 1. The number of hydrogen-bond acceptors (Lipinski definition) is 5. The van der Waals surface area contributed by atoms with Gasteiger partial charge in [0.15, 0.2) is 5.82 Å². The third kappa shape index (κ3) is 4.00. The monoisotopic (exact) mass is 295 g/mol. The number of carbonyl (C=O) groups is 1. The summed E-state index contributed by atoms with van der Waals surface area (Å²) in [6, 6.07) is -0.417. The summed E-state index contributed by atoms with van der Waals surface area (Å²) < 4.78 is 1.80. The summed E-state index contributed by atoms with van der Waals surface area (Å²) in [5.41, 5.74) is 0. The molecule has 0 radical (unpaired) electrons. The minimum atomic E-state index is -0.735. The number of piperidine rings is 1. The van der Waals surface area contributed by atoms with Gasteiger partial charge >= 0.3 is 5.97 Å². The molecule has 1 aromatic rings. The number of unbranched alkanes of at least 4 members (excludes halogenated alkanes) is 1. The van der Waals surface area contributed by atoms with Crippen molar-refractivity contribution in [2.24, 2.45) is 5.92 Å². The molecule has 2 rings (SSSR count). The maximum absolute atomic E-state index is 11.5. The highest BCUT2D eigenvalue weighted by Gasteiger charge is 2.33. The number of aliphatic carboxylic acids is 1. The number of carboxylic acid groups (broad SMARTS) is 1. The standard InChI is InChI=1S/C14H25N5O2/c1-3-5-7-19-13(15-16-17-19)10-18-8-6-11(4-2)9-12(18)14(20)21/h11-12H,3-10H2,1-2H3,(H,20,21). The highest BCUT2D eigenvalue weighted by atomic mass is 16.4. The summed E-state index contributed by atoms with van der Waals surface area (Å²) in [6.07, 6.45) is 4.93. The molecular formula is C14H25N5O2. The molecule has 1 fully saturated rings. The lowest BCUT2D eigenvalue weighted by Gasteiger charge is -2.36. The van der Waals surface area contributed by atoms with Crippen LogP contribution >= 0.6 is 0 Å². The van der Waals surface area contributed by atoms with Crippen molar-refractivity contribution in [3.8, 4) is 0 Å². The molecule has 2 atom stereocenters. The Morgan fingerprint density at radius 1 is 1.43 bits per heavy atom. The van der Waals surface area contributed by atoms with Crippen molar-refractivity contribution in [2.45, 2.75) is 65.1 Å². The van der Waals surface area contributed by atoms with Gasteiger partial charge in [-0.1, -0.05) is 26.7 Å².